The summed E-state index contributed by atoms with van der Waals surface area (Å²) < 4.78 is 0. The summed E-state index contributed by atoms with van der Waals surface area (Å²) in [6.45, 7) is 4.43. The van der Waals surface area contributed by atoms with E-state index in [0.29, 0.717) is 5.92 Å². The van der Waals surface area contributed by atoms with Gasteiger partial charge in [-0.1, -0.05) is 31.6 Å². The van der Waals surface area contributed by atoms with Crippen molar-refractivity contribution >= 4 is 5.69 Å². The summed E-state index contributed by atoms with van der Waals surface area (Å²) in [4.78, 5) is 0. The highest BCUT2D eigenvalue weighted by Crippen LogP contribution is 2.27. The maximum Gasteiger partial charge on any atom is 0.0379 e. The Morgan fingerprint density at radius 1 is 1.14 bits per heavy atom. The number of allylic oxidation sites excluding steroid dienone is 1. The fourth-order valence-electron chi connectivity index (χ4n) is 1.37. The van der Waals surface area contributed by atoms with Crippen LogP contribution in [-0.4, -0.2) is 0 Å². The van der Waals surface area contributed by atoms with Gasteiger partial charge in [-0.15, -0.1) is 0 Å². The first-order valence-electron chi connectivity index (χ1n) is 5.30. The van der Waals surface area contributed by atoms with Crippen LogP contribution in [0.25, 0.3) is 0 Å². The number of hydrogen-bond acceptors (Lipinski definition) is 1. The Morgan fingerprint density at radius 3 is 2.29 bits per heavy atom. The first kappa shape index (κ1) is 9.32. The zero-order valence-electron chi connectivity index (χ0n) is 8.88. The van der Waals surface area contributed by atoms with E-state index in [4.69, 9.17) is 0 Å². The Kier molecular flexibility index (Phi) is 2.58. The van der Waals surface area contributed by atoms with Crippen molar-refractivity contribution in [2.45, 2.75) is 32.6 Å². The van der Waals surface area contributed by atoms with Gasteiger partial charge < -0.3 is 5.32 Å². The molecule has 0 heterocycles. The smallest absolute Gasteiger partial charge is 0.0379 e. The first-order valence-corrected chi connectivity index (χ1v) is 5.30. The Balaban J connectivity index is 2.01. The predicted octanol–water partition coefficient (Wildman–Crippen LogP) is 3.90. The average molecular weight is 187 g/mol. The molecule has 0 amide bonds. The van der Waals surface area contributed by atoms with Crippen molar-refractivity contribution < 1.29 is 0 Å². The molecule has 2 rings (SSSR count). The third kappa shape index (κ3) is 2.38. The van der Waals surface area contributed by atoms with Crippen molar-refractivity contribution in [3.8, 4) is 0 Å². The molecule has 0 bridgehead atoms. The molecule has 1 aromatic rings. The molecule has 1 nitrogen and oxygen atoms in total. The van der Waals surface area contributed by atoms with Crippen LogP contribution < -0.4 is 5.32 Å². The number of hydrogen-bond donors (Lipinski definition) is 1. The average Bonchev–Trinajstić information content (AvgIpc) is 2.99. The molecule has 1 aliphatic rings. The van der Waals surface area contributed by atoms with Crippen LogP contribution in [0.3, 0.4) is 0 Å². The molecule has 1 saturated carbocycles. The standard InChI is InChI=1S/C13H17N/c1-10(2)12-5-7-13(8-6-12)14-9-11-3-4-11/h5-10,14H,3-4H2,1-2H3. The van der Waals surface area contributed by atoms with Gasteiger partial charge in [0.2, 0.25) is 0 Å². The third-order valence-corrected chi connectivity index (χ3v) is 2.56. The monoisotopic (exact) mass is 187 g/mol. The highest BCUT2D eigenvalue weighted by molar-refractivity contribution is 5.48. The molecule has 1 aliphatic carbocycles. The maximum atomic E-state index is 3.31. The van der Waals surface area contributed by atoms with E-state index in [2.05, 4.69) is 49.6 Å². The Bertz CT molecular complexity index is 327. The van der Waals surface area contributed by atoms with Crippen molar-refractivity contribution in [1.82, 2.24) is 0 Å². The van der Waals surface area contributed by atoms with Crippen molar-refractivity contribution in [1.29, 1.82) is 0 Å². The van der Waals surface area contributed by atoms with Crippen LogP contribution in [0, 0.1) is 0 Å². The fourth-order valence-corrected chi connectivity index (χ4v) is 1.37. The Hall–Kier alpha value is -1.24. The van der Waals surface area contributed by atoms with Gasteiger partial charge in [-0.2, -0.15) is 0 Å². The molecular weight excluding hydrogens is 170 g/mol. The van der Waals surface area contributed by atoms with Crippen LogP contribution >= 0.6 is 0 Å². The van der Waals surface area contributed by atoms with E-state index in [9.17, 15) is 0 Å². The van der Waals surface area contributed by atoms with Crippen LogP contribution in [0.15, 0.2) is 36.0 Å². The third-order valence-electron chi connectivity index (χ3n) is 2.56. The Labute approximate surface area is 85.8 Å². The second-order valence-electron chi connectivity index (χ2n) is 4.22. The summed E-state index contributed by atoms with van der Waals surface area (Å²) in [5, 5.41) is 3.31. The van der Waals surface area contributed by atoms with Crippen molar-refractivity contribution in [3.05, 3.63) is 41.6 Å². The minimum atomic E-state index is 0.617. The lowest BCUT2D eigenvalue weighted by molar-refractivity contribution is 0.867. The predicted molar refractivity (Wildman–Crippen MR) is 61.5 cm³/mol. The molecule has 1 heteroatoms. The summed E-state index contributed by atoms with van der Waals surface area (Å²) in [7, 11) is 0. The number of rotatable bonds is 3. The van der Waals surface area contributed by atoms with E-state index >= 15 is 0 Å². The van der Waals surface area contributed by atoms with Crippen LogP contribution in [-0.2, 0) is 0 Å². The van der Waals surface area contributed by atoms with Gasteiger partial charge in [0.1, 0.15) is 0 Å². The number of benzene rings is 1. The highest BCUT2D eigenvalue weighted by atomic mass is 14.8. The summed E-state index contributed by atoms with van der Waals surface area (Å²) in [6.07, 6.45) is 4.68. The lowest BCUT2D eigenvalue weighted by Crippen LogP contribution is -1.90. The topological polar surface area (TPSA) is 12.0 Å². The molecule has 14 heavy (non-hydrogen) atoms. The molecule has 0 radical (unpaired) electrons. The summed E-state index contributed by atoms with van der Waals surface area (Å²) in [5.74, 6) is 0.617. The van der Waals surface area contributed by atoms with Gasteiger partial charge in [0.05, 0.1) is 0 Å². The lowest BCUT2D eigenvalue weighted by atomic mass is 10.0. The molecule has 74 valence electrons. The molecule has 1 N–H and O–H groups in total. The Morgan fingerprint density at radius 2 is 1.79 bits per heavy atom. The van der Waals surface area contributed by atoms with Crippen molar-refractivity contribution in [3.63, 3.8) is 0 Å². The normalized spacial score (nSPS) is 14.4. The highest BCUT2D eigenvalue weighted by Gasteiger charge is 2.09. The van der Waals surface area contributed by atoms with Gasteiger partial charge in [0.15, 0.2) is 0 Å². The van der Waals surface area contributed by atoms with Gasteiger partial charge in [0, 0.05) is 11.9 Å². The second-order valence-corrected chi connectivity index (χ2v) is 4.22. The van der Waals surface area contributed by atoms with E-state index in [0.717, 1.165) is 0 Å². The molecule has 0 aliphatic heterocycles. The van der Waals surface area contributed by atoms with E-state index in [1.54, 1.807) is 0 Å². The van der Waals surface area contributed by atoms with Crippen LogP contribution in [0.4, 0.5) is 5.69 Å². The van der Waals surface area contributed by atoms with Crippen LogP contribution in [0.5, 0.6) is 0 Å². The second kappa shape index (κ2) is 3.87. The van der Waals surface area contributed by atoms with Crippen LogP contribution in [0.1, 0.15) is 38.2 Å². The zero-order chi connectivity index (χ0) is 9.97. The van der Waals surface area contributed by atoms with E-state index < -0.39 is 0 Å². The zero-order valence-corrected chi connectivity index (χ0v) is 8.88. The molecule has 0 unspecified atom stereocenters. The minimum Gasteiger partial charge on any atom is -0.362 e. The van der Waals surface area contributed by atoms with Crippen molar-refractivity contribution in [2.75, 3.05) is 5.32 Å². The van der Waals surface area contributed by atoms with Gasteiger partial charge in [0.25, 0.3) is 0 Å². The van der Waals surface area contributed by atoms with Crippen LogP contribution in [0.2, 0.25) is 0 Å². The molecule has 0 saturated heterocycles. The largest absolute Gasteiger partial charge is 0.362 e. The van der Waals surface area contributed by atoms with Gasteiger partial charge in [-0.05, 0) is 36.5 Å². The van der Waals surface area contributed by atoms with E-state index in [1.807, 2.05) is 0 Å². The van der Waals surface area contributed by atoms with E-state index in [-0.39, 0.29) is 0 Å². The quantitative estimate of drug-likeness (QED) is 0.756. The lowest BCUT2D eigenvalue weighted by Gasteiger charge is -2.06. The summed E-state index contributed by atoms with van der Waals surface area (Å²) >= 11 is 0. The van der Waals surface area contributed by atoms with Gasteiger partial charge in [-0.25, -0.2) is 0 Å². The van der Waals surface area contributed by atoms with Gasteiger partial charge >= 0.3 is 0 Å². The maximum absolute atomic E-state index is 3.31. The first-order chi connectivity index (χ1) is 6.75. The molecular formula is C13H17N. The number of anilines is 1. The molecule has 0 aromatic heterocycles. The molecule has 1 fully saturated rings. The molecule has 0 atom stereocenters. The number of nitrogens with one attached hydrogen (secondary N) is 1. The summed E-state index contributed by atoms with van der Waals surface area (Å²) in [6, 6.07) is 8.68. The van der Waals surface area contributed by atoms with Crippen molar-refractivity contribution in [2.24, 2.45) is 0 Å². The van der Waals surface area contributed by atoms with E-state index in [1.165, 1.54) is 29.7 Å². The molecule has 0 spiro atoms. The van der Waals surface area contributed by atoms with Gasteiger partial charge in [-0.3, -0.25) is 0 Å². The molecule has 1 aromatic carbocycles. The SMILES string of the molecule is CC(C)c1ccc(NC=C2CC2)cc1. The summed E-state index contributed by atoms with van der Waals surface area (Å²) in [5.41, 5.74) is 4.11. The minimum absolute atomic E-state index is 0.617. The fraction of sp³-hybridized carbons (Fsp3) is 0.385.